The summed E-state index contributed by atoms with van der Waals surface area (Å²) in [6.45, 7) is -0.0966. The molecular weight excluding hydrogens is 482 g/mol. The monoisotopic (exact) mass is 504 g/mol. The van der Waals surface area contributed by atoms with Crippen molar-refractivity contribution in [2.45, 2.75) is 6.54 Å². The number of carbonyl (C=O) groups excluding carboxylic acids is 3. The summed E-state index contributed by atoms with van der Waals surface area (Å²) in [5, 5.41) is 9.10. The number of carbonyl (C=O) groups is 3. The second-order valence-electron chi connectivity index (χ2n) is 7.96. The molecule has 4 aromatic rings. The van der Waals surface area contributed by atoms with Crippen molar-refractivity contribution in [3.05, 3.63) is 113 Å². The van der Waals surface area contributed by atoms with Crippen LogP contribution in [0.5, 0.6) is 5.75 Å². The highest BCUT2D eigenvalue weighted by Gasteiger charge is 2.23. The van der Waals surface area contributed by atoms with Crippen LogP contribution in [0.2, 0.25) is 0 Å². The molecule has 0 aliphatic rings. The normalized spacial score (nSPS) is 10.6. The van der Waals surface area contributed by atoms with Crippen LogP contribution in [0.3, 0.4) is 0 Å². The maximum atomic E-state index is 14.1. The molecule has 188 valence electrons. The molecule has 0 spiro atoms. The smallest absolute Gasteiger partial charge is 0.274 e. The molecule has 0 aliphatic carbocycles. The molecule has 2 amide bonds. The highest BCUT2D eigenvalue weighted by Crippen LogP contribution is 2.20. The van der Waals surface area contributed by atoms with E-state index >= 15 is 0 Å². The Bertz CT molecular complexity index is 1420. The number of ketones is 1. The van der Waals surface area contributed by atoms with Crippen molar-refractivity contribution in [1.29, 1.82) is 0 Å². The summed E-state index contributed by atoms with van der Waals surface area (Å²) in [7, 11) is 1.54. The second kappa shape index (κ2) is 11.3. The summed E-state index contributed by atoms with van der Waals surface area (Å²) in [6, 6.07) is 18.5. The van der Waals surface area contributed by atoms with Crippen molar-refractivity contribution in [1.82, 2.24) is 15.1 Å². The fourth-order valence-corrected chi connectivity index (χ4v) is 3.55. The number of hydrogen-bond acceptors (Lipinski definition) is 5. The maximum absolute atomic E-state index is 14.1. The van der Waals surface area contributed by atoms with E-state index in [1.54, 1.807) is 61.7 Å². The fraction of sp³-hybridized carbons (Fsp3) is 0.111. The zero-order chi connectivity index (χ0) is 26.4. The average molecular weight is 504 g/mol. The Hall–Kier alpha value is -4.86. The standard InChI is InChI=1S/C27H22F2N4O4/c1-37-19-12-10-17(11-13-19)15-33-16-22(31-26(35)24-20(28)8-5-9-21(24)29)25(32-33)27(36)30-14-23(34)18-6-3-2-4-7-18/h2-13,16H,14-15H2,1H3,(H,30,36)(H,31,35). The van der Waals surface area contributed by atoms with E-state index in [1.165, 1.54) is 10.9 Å². The van der Waals surface area contributed by atoms with Crippen molar-refractivity contribution in [3.63, 3.8) is 0 Å². The first kappa shape index (κ1) is 25.2. The first-order chi connectivity index (χ1) is 17.9. The first-order valence-electron chi connectivity index (χ1n) is 11.2. The number of aromatic nitrogens is 2. The Labute approximate surface area is 210 Å². The molecule has 0 unspecified atom stereocenters. The van der Waals surface area contributed by atoms with Gasteiger partial charge in [0, 0.05) is 11.8 Å². The van der Waals surface area contributed by atoms with Crippen LogP contribution in [0.4, 0.5) is 14.5 Å². The van der Waals surface area contributed by atoms with Crippen molar-refractivity contribution < 1.29 is 27.9 Å². The Morgan fingerprint density at radius 3 is 2.22 bits per heavy atom. The lowest BCUT2D eigenvalue weighted by atomic mass is 10.1. The van der Waals surface area contributed by atoms with Crippen molar-refractivity contribution in [2.75, 3.05) is 19.0 Å². The highest BCUT2D eigenvalue weighted by atomic mass is 19.1. The van der Waals surface area contributed by atoms with E-state index in [0.29, 0.717) is 11.3 Å². The lowest BCUT2D eigenvalue weighted by Gasteiger charge is -2.08. The second-order valence-corrected chi connectivity index (χ2v) is 7.96. The zero-order valence-corrected chi connectivity index (χ0v) is 19.7. The number of anilines is 1. The van der Waals surface area contributed by atoms with E-state index < -0.39 is 29.0 Å². The Morgan fingerprint density at radius 2 is 1.57 bits per heavy atom. The minimum Gasteiger partial charge on any atom is -0.497 e. The fourth-order valence-electron chi connectivity index (χ4n) is 3.55. The molecule has 0 saturated heterocycles. The lowest BCUT2D eigenvalue weighted by molar-refractivity contribution is 0.0900. The number of nitrogens with zero attached hydrogens (tertiary/aromatic N) is 2. The van der Waals surface area contributed by atoms with Gasteiger partial charge in [-0.15, -0.1) is 0 Å². The minimum atomic E-state index is -1.09. The third-order valence-electron chi connectivity index (χ3n) is 5.42. The predicted molar refractivity (Wildman–Crippen MR) is 132 cm³/mol. The largest absolute Gasteiger partial charge is 0.497 e. The number of Topliss-reactive ketones (excluding diaryl/α,β-unsaturated/α-hetero) is 1. The molecule has 37 heavy (non-hydrogen) atoms. The molecule has 10 heteroatoms. The molecule has 3 aromatic carbocycles. The minimum absolute atomic E-state index is 0.0779. The molecule has 0 bridgehead atoms. The zero-order valence-electron chi connectivity index (χ0n) is 19.7. The number of ether oxygens (including phenoxy) is 1. The van der Waals surface area contributed by atoms with Gasteiger partial charge in [-0.25, -0.2) is 8.78 Å². The van der Waals surface area contributed by atoms with Gasteiger partial charge in [0.15, 0.2) is 11.5 Å². The average Bonchev–Trinajstić information content (AvgIpc) is 3.29. The third-order valence-corrected chi connectivity index (χ3v) is 5.42. The van der Waals surface area contributed by atoms with E-state index in [2.05, 4.69) is 15.7 Å². The van der Waals surface area contributed by atoms with Crippen LogP contribution in [-0.4, -0.2) is 41.0 Å². The third kappa shape index (κ3) is 6.04. The van der Waals surface area contributed by atoms with Gasteiger partial charge in [-0.1, -0.05) is 48.5 Å². The van der Waals surface area contributed by atoms with Crippen LogP contribution in [0.25, 0.3) is 0 Å². The number of rotatable bonds is 9. The summed E-state index contributed by atoms with van der Waals surface area (Å²) in [5.74, 6) is -3.61. The van der Waals surface area contributed by atoms with Crippen molar-refractivity contribution in [3.8, 4) is 5.75 Å². The lowest BCUT2D eigenvalue weighted by Crippen LogP contribution is -2.31. The van der Waals surface area contributed by atoms with Gasteiger partial charge < -0.3 is 15.4 Å². The summed E-state index contributed by atoms with van der Waals surface area (Å²) in [4.78, 5) is 38.0. The highest BCUT2D eigenvalue weighted by molar-refractivity contribution is 6.09. The van der Waals surface area contributed by atoms with Crippen molar-refractivity contribution in [2.24, 2.45) is 0 Å². The number of amides is 2. The van der Waals surface area contributed by atoms with Gasteiger partial charge in [0.25, 0.3) is 11.8 Å². The first-order valence-corrected chi connectivity index (χ1v) is 11.2. The topological polar surface area (TPSA) is 102 Å². The molecule has 0 aliphatic heterocycles. The maximum Gasteiger partial charge on any atom is 0.274 e. The van der Waals surface area contributed by atoms with Gasteiger partial charge in [0.05, 0.1) is 25.9 Å². The van der Waals surface area contributed by atoms with Crippen LogP contribution < -0.4 is 15.4 Å². The van der Waals surface area contributed by atoms with Crippen LogP contribution >= 0.6 is 0 Å². The Balaban J connectivity index is 1.58. The molecule has 8 nitrogen and oxygen atoms in total. The van der Waals surface area contributed by atoms with E-state index in [1.807, 2.05) is 0 Å². The van der Waals surface area contributed by atoms with E-state index in [-0.39, 0.29) is 30.3 Å². The van der Waals surface area contributed by atoms with Gasteiger partial charge in [-0.05, 0) is 29.8 Å². The molecule has 0 fully saturated rings. The summed E-state index contributed by atoms with van der Waals surface area (Å²) >= 11 is 0. The van der Waals surface area contributed by atoms with Gasteiger partial charge in [0.2, 0.25) is 0 Å². The molecule has 0 saturated carbocycles. The molecule has 1 heterocycles. The molecule has 1 aromatic heterocycles. The van der Waals surface area contributed by atoms with E-state index in [9.17, 15) is 23.2 Å². The van der Waals surface area contributed by atoms with E-state index in [0.717, 1.165) is 23.8 Å². The number of methoxy groups -OCH3 is 1. The van der Waals surface area contributed by atoms with Gasteiger partial charge in [-0.3, -0.25) is 19.1 Å². The molecule has 4 rings (SSSR count). The summed E-state index contributed by atoms with van der Waals surface area (Å²) < 4.78 is 34.8. The van der Waals surface area contributed by atoms with Crippen LogP contribution in [0, 0.1) is 11.6 Å². The van der Waals surface area contributed by atoms with Gasteiger partial charge in [-0.2, -0.15) is 5.10 Å². The molecule has 0 atom stereocenters. The number of halogens is 2. The number of hydrogen-bond donors (Lipinski definition) is 2. The van der Waals surface area contributed by atoms with Crippen LogP contribution in [-0.2, 0) is 6.54 Å². The summed E-state index contributed by atoms with van der Waals surface area (Å²) in [6.07, 6.45) is 1.37. The molecule has 2 N–H and O–H groups in total. The Kier molecular flexibility index (Phi) is 7.68. The molecule has 0 radical (unpaired) electrons. The molecular formula is C27H22F2N4O4. The Morgan fingerprint density at radius 1 is 0.892 bits per heavy atom. The van der Waals surface area contributed by atoms with Crippen LogP contribution in [0.1, 0.15) is 36.8 Å². The quantitative estimate of drug-likeness (QED) is 0.335. The van der Waals surface area contributed by atoms with Crippen molar-refractivity contribution >= 4 is 23.3 Å². The predicted octanol–water partition coefficient (Wildman–Crippen LogP) is 4.08. The number of nitrogens with one attached hydrogen (secondary N) is 2. The van der Waals surface area contributed by atoms with E-state index in [4.69, 9.17) is 4.74 Å². The summed E-state index contributed by atoms with van der Waals surface area (Å²) in [5.41, 5.74) is 0.130. The van der Waals surface area contributed by atoms with Gasteiger partial charge >= 0.3 is 0 Å². The SMILES string of the molecule is COc1ccc(Cn2cc(NC(=O)c3c(F)cccc3F)c(C(=O)NCC(=O)c3ccccc3)n2)cc1. The van der Waals surface area contributed by atoms with Crippen LogP contribution in [0.15, 0.2) is 79.0 Å². The number of benzene rings is 3. The van der Waals surface area contributed by atoms with Gasteiger partial charge in [0.1, 0.15) is 22.9 Å².